The van der Waals surface area contributed by atoms with Gasteiger partial charge in [-0.05, 0) is 31.4 Å². The van der Waals surface area contributed by atoms with Gasteiger partial charge >= 0.3 is 0 Å². The van der Waals surface area contributed by atoms with Crippen LogP contribution in [0.25, 0.3) is 0 Å². The zero-order valence-electron chi connectivity index (χ0n) is 15.1. The quantitative estimate of drug-likeness (QED) is 0.433. The molecule has 0 N–H and O–H groups in total. The molecule has 0 aliphatic rings. The maximum Gasteiger partial charge on any atom is 0.0720 e. The standard InChI is InChI=1S/C19H32O5/c1-3-20-11-13-22-10-9-18-7-5-6-8-19(18)17-24-16-15-23-14-12-21-4-2/h5-8H,3-4,9-17H2,1-2H3. The summed E-state index contributed by atoms with van der Waals surface area (Å²) in [7, 11) is 0. The molecule has 0 radical (unpaired) electrons. The summed E-state index contributed by atoms with van der Waals surface area (Å²) in [5.74, 6) is 0. The fourth-order valence-electron chi connectivity index (χ4n) is 2.15. The molecule has 5 nitrogen and oxygen atoms in total. The molecule has 0 aromatic heterocycles. The van der Waals surface area contributed by atoms with Crippen LogP contribution in [0.15, 0.2) is 24.3 Å². The van der Waals surface area contributed by atoms with Crippen LogP contribution >= 0.6 is 0 Å². The van der Waals surface area contributed by atoms with Crippen LogP contribution in [0.5, 0.6) is 0 Å². The van der Waals surface area contributed by atoms with Crippen LogP contribution in [0.1, 0.15) is 25.0 Å². The Kier molecular flexibility index (Phi) is 13.6. The van der Waals surface area contributed by atoms with Crippen molar-refractivity contribution in [1.82, 2.24) is 0 Å². The molecule has 138 valence electrons. The fraction of sp³-hybridized carbons (Fsp3) is 0.684. The highest BCUT2D eigenvalue weighted by atomic mass is 16.5. The average molecular weight is 340 g/mol. The first-order valence-electron chi connectivity index (χ1n) is 8.84. The van der Waals surface area contributed by atoms with Gasteiger partial charge in [0, 0.05) is 13.2 Å². The number of hydrogen-bond donors (Lipinski definition) is 0. The van der Waals surface area contributed by atoms with E-state index in [1.54, 1.807) is 0 Å². The Morgan fingerprint density at radius 1 is 0.583 bits per heavy atom. The summed E-state index contributed by atoms with van der Waals surface area (Å²) in [4.78, 5) is 0. The number of rotatable bonds is 16. The first kappa shape index (κ1) is 21.1. The normalized spacial score (nSPS) is 11.1. The third-order valence-electron chi connectivity index (χ3n) is 3.42. The molecular formula is C19H32O5. The van der Waals surface area contributed by atoms with Gasteiger partial charge in [0.05, 0.1) is 52.9 Å². The van der Waals surface area contributed by atoms with Gasteiger partial charge < -0.3 is 23.7 Å². The average Bonchev–Trinajstić information content (AvgIpc) is 2.61. The van der Waals surface area contributed by atoms with Gasteiger partial charge in [-0.25, -0.2) is 0 Å². The zero-order chi connectivity index (χ0) is 17.3. The Labute approximate surface area is 146 Å². The van der Waals surface area contributed by atoms with E-state index >= 15 is 0 Å². The molecule has 0 spiro atoms. The van der Waals surface area contributed by atoms with E-state index in [1.165, 1.54) is 11.1 Å². The summed E-state index contributed by atoms with van der Waals surface area (Å²) in [5.41, 5.74) is 2.48. The minimum atomic E-state index is 0.589. The van der Waals surface area contributed by atoms with Crippen molar-refractivity contribution in [2.45, 2.75) is 26.9 Å². The van der Waals surface area contributed by atoms with E-state index in [1.807, 2.05) is 19.9 Å². The molecular weight excluding hydrogens is 308 g/mol. The second-order valence-electron chi connectivity index (χ2n) is 5.19. The van der Waals surface area contributed by atoms with E-state index < -0.39 is 0 Å². The van der Waals surface area contributed by atoms with Crippen LogP contribution in [0.4, 0.5) is 0 Å². The van der Waals surface area contributed by atoms with E-state index in [0.717, 1.165) is 19.6 Å². The first-order valence-corrected chi connectivity index (χ1v) is 8.84. The molecule has 0 bridgehead atoms. The molecule has 0 saturated carbocycles. The molecule has 0 unspecified atom stereocenters. The molecule has 0 atom stereocenters. The van der Waals surface area contributed by atoms with Crippen LogP contribution in [0.3, 0.4) is 0 Å². The van der Waals surface area contributed by atoms with Gasteiger partial charge in [0.1, 0.15) is 0 Å². The Morgan fingerprint density at radius 2 is 1.08 bits per heavy atom. The van der Waals surface area contributed by atoms with Gasteiger partial charge in [-0.1, -0.05) is 24.3 Å². The van der Waals surface area contributed by atoms with Crippen molar-refractivity contribution in [3.8, 4) is 0 Å². The summed E-state index contributed by atoms with van der Waals surface area (Å²) in [6, 6.07) is 8.32. The highest BCUT2D eigenvalue weighted by Crippen LogP contribution is 2.11. The molecule has 0 aliphatic heterocycles. The third-order valence-corrected chi connectivity index (χ3v) is 3.42. The smallest absolute Gasteiger partial charge is 0.0720 e. The maximum absolute atomic E-state index is 5.70. The number of benzene rings is 1. The van der Waals surface area contributed by atoms with Crippen LogP contribution in [-0.4, -0.2) is 59.5 Å². The molecule has 0 aliphatic carbocycles. The summed E-state index contributed by atoms with van der Waals surface area (Å²) < 4.78 is 27.2. The molecule has 5 heteroatoms. The zero-order valence-corrected chi connectivity index (χ0v) is 15.1. The summed E-state index contributed by atoms with van der Waals surface area (Å²) in [5, 5.41) is 0. The van der Waals surface area contributed by atoms with Crippen molar-refractivity contribution in [2.24, 2.45) is 0 Å². The van der Waals surface area contributed by atoms with Gasteiger partial charge in [-0.3, -0.25) is 0 Å². The van der Waals surface area contributed by atoms with E-state index in [0.29, 0.717) is 52.9 Å². The summed E-state index contributed by atoms with van der Waals surface area (Å²) in [6.45, 7) is 10.5. The van der Waals surface area contributed by atoms with Gasteiger partial charge in [-0.15, -0.1) is 0 Å². The van der Waals surface area contributed by atoms with Crippen LogP contribution in [0, 0.1) is 0 Å². The fourth-order valence-corrected chi connectivity index (χ4v) is 2.15. The third kappa shape index (κ3) is 10.7. The lowest BCUT2D eigenvalue weighted by molar-refractivity contribution is 0.0126. The van der Waals surface area contributed by atoms with Crippen LogP contribution < -0.4 is 0 Å². The number of hydrogen-bond acceptors (Lipinski definition) is 5. The number of ether oxygens (including phenoxy) is 5. The Morgan fingerprint density at radius 3 is 1.71 bits per heavy atom. The van der Waals surface area contributed by atoms with Crippen molar-refractivity contribution in [2.75, 3.05) is 59.5 Å². The molecule has 1 aromatic carbocycles. The predicted molar refractivity (Wildman–Crippen MR) is 94.4 cm³/mol. The topological polar surface area (TPSA) is 46.2 Å². The lowest BCUT2D eigenvalue weighted by atomic mass is 10.1. The van der Waals surface area contributed by atoms with Gasteiger partial charge in [0.2, 0.25) is 0 Å². The lowest BCUT2D eigenvalue weighted by Crippen LogP contribution is -2.10. The van der Waals surface area contributed by atoms with E-state index in [2.05, 4.69) is 18.2 Å². The SMILES string of the molecule is CCOCCOCCOCc1ccccc1CCOCCOCC. The van der Waals surface area contributed by atoms with Crippen molar-refractivity contribution < 1.29 is 23.7 Å². The minimum absolute atomic E-state index is 0.589. The second-order valence-corrected chi connectivity index (χ2v) is 5.19. The molecule has 1 aromatic rings. The van der Waals surface area contributed by atoms with Gasteiger partial charge in [0.15, 0.2) is 0 Å². The molecule has 1 rings (SSSR count). The van der Waals surface area contributed by atoms with E-state index in [-0.39, 0.29) is 0 Å². The van der Waals surface area contributed by atoms with Gasteiger partial charge in [0.25, 0.3) is 0 Å². The molecule has 24 heavy (non-hydrogen) atoms. The van der Waals surface area contributed by atoms with Crippen molar-refractivity contribution in [1.29, 1.82) is 0 Å². The lowest BCUT2D eigenvalue weighted by Gasteiger charge is -2.11. The second kappa shape index (κ2) is 15.5. The Balaban J connectivity index is 2.14. The maximum atomic E-state index is 5.70. The summed E-state index contributed by atoms with van der Waals surface area (Å²) >= 11 is 0. The molecule has 0 saturated heterocycles. The van der Waals surface area contributed by atoms with Crippen molar-refractivity contribution in [3.05, 3.63) is 35.4 Å². The van der Waals surface area contributed by atoms with E-state index in [9.17, 15) is 0 Å². The van der Waals surface area contributed by atoms with E-state index in [4.69, 9.17) is 23.7 Å². The predicted octanol–water partition coefficient (Wildman–Crippen LogP) is 2.85. The minimum Gasteiger partial charge on any atom is -0.379 e. The molecule has 0 heterocycles. The monoisotopic (exact) mass is 340 g/mol. The van der Waals surface area contributed by atoms with Crippen molar-refractivity contribution in [3.63, 3.8) is 0 Å². The largest absolute Gasteiger partial charge is 0.379 e. The Bertz CT molecular complexity index is 397. The highest BCUT2D eigenvalue weighted by Gasteiger charge is 2.02. The molecule has 0 amide bonds. The van der Waals surface area contributed by atoms with Crippen LogP contribution in [-0.2, 0) is 36.7 Å². The Hall–Kier alpha value is -0.980. The van der Waals surface area contributed by atoms with Crippen LogP contribution in [0.2, 0.25) is 0 Å². The molecule has 0 fully saturated rings. The summed E-state index contributed by atoms with van der Waals surface area (Å²) in [6.07, 6.45) is 0.885. The first-order chi connectivity index (χ1) is 11.9. The van der Waals surface area contributed by atoms with Crippen molar-refractivity contribution >= 4 is 0 Å². The highest BCUT2D eigenvalue weighted by molar-refractivity contribution is 5.26. The van der Waals surface area contributed by atoms with Gasteiger partial charge in [-0.2, -0.15) is 0 Å².